The molecule has 0 saturated heterocycles. The number of thiophene rings is 1. The first kappa shape index (κ1) is 15.9. The summed E-state index contributed by atoms with van der Waals surface area (Å²) in [5, 5.41) is 0. The molecule has 5 heteroatoms. The average Bonchev–Trinajstić information content (AvgIpc) is 2.77. The summed E-state index contributed by atoms with van der Waals surface area (Å²) in [5.41, 5.74) is 0.586. The van der Waals surface area contributed by atoms with Crippen LogP contribution in [0.5, 0.6) is 0 Å². The summed E-state index contributed by atoms with van der Waals surface area (Å²) in [4.78, 5) is 12.5. The summed E-state index contributed by atoms with van der Waals surface area (Å²) in [7, 11) is 1.26. The molecular formula is C12H15FO2S2. The van der Waals surface area contributed by atoms with Crippen molar-refractivity contribution in [2.24, 2.45) is 0 Å². The smallest absolute Gasteiger partial charge is 0.349 e. The molecule has 0 aliphatic rings. The van der Waals surface area contributed by atoms with Crippen LogP contribution in [-0.4, -0.2) is 13.1 Å². The first-order chi connectivity index (χ1) is 8.19. The van der Waals surface area contributed by atoms with Crippen LogP contribution in [0.2, 0.25) is 0 Å². The average molecular weight is 274 g/mol. The molecule has 0 N–H and O–H groups in total. The molecule has 0 amide bonds. The van der Waals surface area contributed by atoms with Gasteiger partial charge in [0, 0.05) is 10.4 Å². The molecule has 0 saturated carbocycles. The highest BCUT2D eigenvalue weighted by Crippen LogP contribution is 2.38. The molecule has 0 aromatic carbocycles. The van der Waals surface area contributed by atoms with E-state index < -0.39 is 5.97 Å². The molecule has 0 fully saturated rings. The van der Waals surface area contributed by atoms with E-state index in [9.17, 15) is 8.68 Å². The Morgan fingerprint density at radius 2 is 2.00 bits per heavy atom. The maximum absolute atomic E-state index is 12.7. The van der Waals surface area contributed by atoms with Crippen LogP contribution in [0.15, 0.2) is 18.1 Å². The van der Waals surface area contributed by atoms with Crippen molar-refractivity contribution in [3.8, 4) is 0 Å². The highest BCUT2D eigenvalue weighted by molar-refractivity contribution is 7.94. The van der Waals surface area contributed by atoms with Crippen LogP contribution in [0.4, 0.5) is 3.89 Å². The third kappa shape index (κ3) is 3.44. The monoisotopic (exact) mass is 274 g/mol. The molecule has 1 aromatic heterocycles. The molecule has 1 rings (SSSR count). The number of halogens is 1. The van der Waals surface area contributed by atoms with Gasteiger partial charge in [0.25, 0.3) is 0 Å². The van der Waals surface area contributed by atoms with Gasteiger partial charge in [-0.3, -0.25) is 0 Å². The molecule has 94 valence electrons. The van der Waals surface area contributed by atoms with E-state index in [0.717, 1.165) is 11.3 Å². The quantitative estimate of drug-likeness (QED) is 0.736. The summed E-state index contributed by atoms with van der Waals surface area (Å²) in [6, 6.07) is 0. The maximum atomic E-state index is 12.7. The van der Waals surface area contributed by atoms with Gasteiger partial charge in [-0.05, 0) is 0 Å². The third-order valence-electron chi connectivity index (χ3n) is 1.77. The fourth-order valence-corrected chi connectivity index (χ4v) is 2.78. The van der Waals surface area contributed by atoms with E-state index in [4.69, 9.17) is 0 Å². The van der Waals surface area contributed by atoms with Crippen LogP contribution in [0, 0.1) is 0 Å². The van der Waals surface area contributed by atoms with E-state index in [-0.39, 0.29) is 21.9 Å². The Hall–Kier alpha value is -1.07. The lowest BCUT2D eigenvalue weighted by molar-refractivity contribution is 0.0602. The number of ether oxygens (including phenoxy) is 1. The molecule has 0 atom stereocenters. The number of esters is 1. The number of hydrogen-bond donors (Lipinski definition) is 0. The summed E-state index contributed by atoms with van der Waals surface area (Å²) in [5.74, 6) is -0.545. The zero-order valence-electron chi connectivity index (χ0n) is 10.1. The fourth-order valence-electron chi connectivity index (χ4n) is 1.09. The molecular weight excluding hydrogens is 259 g/mol. The van der Waals surface area contributed by atoms with Crippen LogP contribution in [0.3, 0.4) is 0 Å². The van der Waals surface area contributed by atoms with Gasteiger partial charge < -0.3 is 4.74 Å². The second kappa shape index (κ2) is 8.08. The van der Waals surface area contributed by atoms with Crippen LogP contribution >= 0.6 is 23.5 Å². The summed E-state index contributed by atoms with van der Waals surface area (Å²) >= 11 is 1.16. The van der Waals surface area contributed by atoms with Crippen molar-refractivity contribution in [1.82, 2.24) is 0 Å². The van der Waals surface area contributed by atoms with Crippen molar-refractivity contribution in [2.75, 3.05) is 7.11 Å². The molecule has 1 aromatic rings. The van der Waals surface area contributed by atoms with Crippen molar-refractivity contribution in [1.29, 1.82) is 0 Å². The summed E-state index contributed by atoms with van der Waals surface area (Å²) in [6.45, 7) is 11.2. The number of carbonyl (C=O) groups is 1. The molecule has 1 heterocycles. The number of rotatable bonds is 4. The number of hydrogen-bond acceptors (Lipinski definition) is 4. The van der Waals surface area contributed by atoms with Crippen LogP contribution in [0.1, 0.15) is 34.0 Å². The minimum absolute atomic E-state index is 0.0171. The predicted octanol–water partition coefficient (Wildman–Crippen LogP) is 4.82. The zero-order valence-corrected chi connectivity index (χ0v) is 11.7. The molecule has 0 spiro atoms. The molecule has 0 bridgehead atoms. The van der Waals surface area contributed by atoms with E-state index >= 15 is 0 Å². The van der Waals surface area contributed by atoms with Crippen molar-refractivity contribution >= 4 is 41.6 Å². The second-order valence-corrected chi connectivity index (χ2v) is 4.13. The molecule has 0 unspecified atom stereocenters. The van der Waals surface area contributed by atoms with Crippen molar-refractivity contribution < 1.29 is 13.4 Å². The minimum Gasteiger partial charge on any atom is -0.465 e. The molecule has 0 aliphatic heterocycles. The Morgan fingerprint density at radius 3 is 2.35 bits per heavy atom. The van der Waals surface area contributed by atoms with E-state index in [1.165, 1.54) is 13.2 Å². The van der Waals surface area contributed by atoms with Gasteiger partial charge in [-0.1, -0.05) is 39.2 Å². The summed E-state index contributed by atoms with van der Waals surface area (Å²) in [6.07, 6.45) is 3.07. The molecule has 0 radical (unpaired) electrons. The van der Waals surface area contributed by atoms with E-state index in [2.05, 4.69) is 17.9 Å². The second-order valence-electron chi connectivity index (χ2n) is 2.52. The minimum atomic E-state index is -0.545. The van der Waals surface area contributed by atoms with Gasteiger partial charge in [-0.15, -0.1) is 11.3 Å². The van der Waals surface area contributed by atoms with Crippen molar-refractivity contribution in [2.45, 2.75) is 18.7 Å². The largest absolute Gasteiger partial charge is 0.465 e. The standard InChI is InChI=1S/C10H9FO2S2.C2H6/c1-4-6-7(5-2)14-9(8(6)15-11)10(12)13-3;1-2/h4-5H,1-2H2,3H3;1-2H3. The van der Waals surface area contributed by atoms with Gasteiger partial charge in [-0.2, -0.15) is 3.89 Å². The Morgan fingerprint density at radius 1 is 1.41 bits per heavy atom. The molecule has 2 nitrogen and oxygen atoms in total. The van der Waals surface area contributed by atoms with Crippen LogP contribution < -0.4 is 0 Å². The lowest BCUT2D eigenvalue weighted by Crippen LogP contribution is -1.99. The van der Waals surface area contributed by atoms with Gasteiger partial charge in [0.15, 0.2) is 0 Å². The summed E-state index contributed by atoms with van der Waals surface area (Å²) < 4.78 is 17.3. The topological polar surface area (TPSA) is 26.3 Å². The molecule has 17 heavy (non-hydrogen) atoms. The fraction of sp³-hybridized carbons (Fsp3) is 0.250. The third-order valence-corrected chi connectivity index (χ3v) is 3.65. The molecule has 0 aliphatic carbocycles. The Kier molecular flexibility index (Phi) is 7.58. The van der Waals surface area contributed by atoms with E-state index in [0.29, 0.717) is 10.4 Å². The normalized spacial score (nSPS) is 8.94. The number of carbonyl (C=O) groups excluding carboxylic acids is 1. The van der Waals surface area contributed by atoms with Gasteiger partial charge in [0.05, 0.1) is 24.2 Å². The SMILES string of the molecule is C=Cc1sc(C(=O)OC)c(SF)c1C=C.CC. The first-order valence-corrected chi connectivity index (χ1v) is 6.51. The Labute approximate surface area is 109 Å². The lowest BCUT2D eigenvalue weighted by atomic mass is 10.2. The van der Waals surface area contributed by atoms with E-state index in [1.54, 1.807) is 6.08 Å². The van der Waals surface area contributed by atoms with Crippen molar-refractivity contribution in [3.63, 3.8) is 0 Å². The number of methoxy groups -OCH3 is 1. The highest BCUT2D eigenvalue weighted by atomic mass is 32.2. The highest BCUT2D eigenvalue weighted by Gasteiger charge is 2.21. The Balaban J connectivity index is 0.00000121. The lowest BCUT2D eigenvalue weighted by Gasteiger charge is -1.97. The van der Waals surface area contributed by atoms with Crippen LogP contribution in [0.25, 0.3) is 12.2 Å². The van der Waals surface area contributed by atoms with Gasteiger partial charge in [0.2, 0.25) is 0 Å². The zero-order chi connectivity index (χ0) is 13.4. The van der Waals surface area contributed by atoms with Gasteiger partial charge >= 0.3 is 5.97 Å². The predicted molar refractivity (Wildman–Crippen MR) is 74.2 cm³/mol. The Bertz CT molecular complexity index is 411. The van der Waals surface area contributed by atoms with E-state index in [1.807, 2.05) is 13.8 Å². The van der Waals surface area contributed by atoms with Gasteiger partial charge in [-0.25, -0.2) is 4.79 Å². The maximum Gasteiger partial charge on any atom is 0.349 e. The van der Waals surface area contributed by atoms with Crippen molar-refractivity contribution in [3.05, 3.63) is 28.5 Å². The first-order valence-electron chi connectivity index (χ1n) is 4.98. The van der Waals surface area contributed by atoms with Gasteiger partial charge in [0.1, 0.15) is 4.88 Å². The van der Waals surface area contributed by atoms with Crippen LogP contribution in [-0.2, 0) is 4.74 Å².